The van der Waals surface area contributed by atoms with E-state index in [1.807, 2.05) is 13.0 Å². The van der Waals surface area contributed by atoms with Gasteiger partial charge in [0.1, 0.15) is 24.0 Å². The van der Waals surface area contributed by atoms with E-state index in [4.69, 9.17) is 4.74 Å². The van der Waals surface area contributed by atoms with E-state index >= 15 is 0 Å². The highest BCUT2D eigenvalue weighted by atomic mass is 19.1. The van der Waals surface area contributed by atoms with Crippen LogP contribution in [0.2, 0.25) is 0 Å². The van der Waals surface area contributed by atoms with Crippen LogP contribution in [-0.4, -0.2) is 11.5 Å². The zero-order valence-electron chi connectivity index (χ0n) is 11.2. The van der Waals surface area contributed by atoms with E-state index in [0.717, 1.165) is 30.4 Å². The molecule has 2 rings (SSSR count). The zero-order valence-corrected chi connectivity index (χ0v) is 11.2. The first-order valence-corrected chi connectivity index (χ1v) is 6.41. The van der Waals surface area contributed by atoms with Crippen LogP contribution < -0.4 is 10.1 Å². The Morgan fingerprint density at radius 1 is 1.20 bits per heavy atom. The molecule has 1 aromatic heterocycles. The summed E-state index contributed by atoms with van der Waals surface area (Å²) in [5.41, 5.74) is 1.08. The first kappa shape index (κ1) is 14.4. The van der Waals surface area contributed by atoms with Crippen molar-refractivity contribution in [3.8, 4) is 5.75 Å². The van der Waals surface area contributed by atoms with Gasteiger partial charge in [0.25, 0.3) is 0 Å². The van der Waals surface area contributed by atoms with Crippen LogP contribution in [0.4, 0.5) is 8.78 Å². The average molecular weight is 278 g/mol. The molecule has 0 radical (unpaired) electrons. The van der Waals surface area contributed by atoms with Crippen LogP contribution >= 0.6 is 0 Å². The van der Waals surface area contributed by atoms with Crippen molar-refractivity contribution in [2.24, 2.45) is 0 Å². The second kappa shape index (κ2) is 6.96. The van der Waals surface area contributed by atoms with Crippen LogP contribution in [0.25, 0.3) is 0 Å². The number of nitrogens with zero attached hydrogens (tertiary/aromatic N) is 1. The Morgan fingerprint density at radius 2 is 2.05 bits per heavy atom. The predicted octanol–water partition coefficient (Wildman–Crippen LogP) is 3.05. The van der Waals surface area contributed by atoms with E-state index in [1.54, 1.807) is 12.3 Å². The number of halogens is 2. The van der Waals surface area contributed by atoms with Crippen LogP contribution in [0.3, 0.4) is 0 Å². The van der Waals surface area contributed by atoms with Gasteiger partial charge in [0.05, 0.1) is 11.9 Å². The Bertz CT molecular complexity index is 558. The van der Waals surface area contributed by atoms with Crippen LogP contribution in [0, 0.1) is 11.6 Å². The minimum Gasteiger partial charge on any atom is -0.487 e. The molecule has 0 aliphatic heterocycles. The molecule has 1 aromatic carbocycles. The van der Waals surface area contributed by atoms with Crippen molar-refractivity contribution in [1.29, 1.82) is 0 Å². The zero-order chi connectivity index (χ0) is 14.4. The SMILES string of the molecule is CCNCc1ccc(OCc2cc(F)ccc2F)cn1. The van der Waals surface area contributed by atoms with E-state index in [2.05, 4.69) is 10.3 Å². The smallest absolute Gasteiger partial charge is 0.138 e. The van der Waals surface area contributed by atoms with Crippen LogP contribution in [0.15, 0.2) is 36.5 Å². The minimum absolute atomic E-state index is 0.0299. The lowest BCUT2D eigenvalue weighted by Crippen LogP contribution is -2.12. The fraction of sp³-hybridized carbons (Fsp3) is 0.267. The monoisotopic (exact) mass is 278 g/mol. The van der Waals surface area contributed by atoms with Gasteiger partial charge in [0, 0.05) is 12.1 Å². The minimum atomic E-state index is -0.483. The second-order valence-electron chi connectivity index (χ2n) is 4.29. The lowest BCUT2D eigenvalue weighted by atomic mass is 10.2. The molecule has 0 saturated carbocycles. The molecular weight excluding hydrogens is 262 g/mol. The van der Waals surface area contributed by atoms with Crippen molar-refractivity contribution in [3.63, 3.8) is 0 Å². The molecule has 0 amide bonds. The number of hydrogen-bond acceptors (Lipinski definition) is 3. The van der Waals surface area contributed by atoms with Gasteiger partial charge in [-0.05, 0) is 36.9 Å². The predicted molar refractivity (Wildman–Crippen MR) is 72.3 cm³/mol. The molecule has 3 nitrogen and oxygen atoms in total. The largest absolute Gasteiger partial charge is 0.487 e. The second-order valence-corrected chi connectivity index (χ2v) is 4.29. The van der Waals surface area contributed by atoms with E-state index in [0.29, 0.717) is 12.3 Å². The van der Waals surface area contributed by atoms with Gasteiger partial charge in [-0.2, -0.15) is 0 Å². The molecule has 0 spiro atoms. The summed E-state index contributed by atoms with van der Waals surface area (Å²) in [5.74, 6) is -0.443. The summed E-state index contributed by atoms with van der Waals surface area (Å²) in [4.78, 5) is 4.21. The van der Waals surface area contributed by atoms with Crippen molar-refractivity contribution >= 4 is 0 Å². The maximum atomic E-state index is 13.4. The first-order chi connectivity index (χ1) is 9.69. The summed E-state index contributed by atoms with van der Waals surface area (Å²) in [6.07, 6.45) is 1.57. The van der Waals surface area contributed by atoms with E-state index in [9.17, 15) is 8.78 Å². The highest BCUT2D eigenvalue weighted by molar-refractivity contribution is 5.22. The van der Waals surface area contributed by atoms with E-state index in [1.165, 1.54) is 0 Å². The molecule has 0 bridgehead atoms. The molecular formula is C15H16F2N2O. The van der Waals surface area contributed by atoms with E-state index in [-0.39, 0.29) is 12.2 Å². The van der Waals surface area contributed by atoms with Gasteiger partial charge in [-0.25, -0.2) is 8.78 Å². The highest BCUT2D eigenvalue weighted by Crippen LogP contribution is 2.15. The number of aromatic nitrogens is 1. The molecule has 20 heavy (non-hydrogen) atoms. The maximum Gasteiger partial charge on any atom is 0.138 e. The van der Waals surface area contributed by atoms with Gasteiger partial charge in [0.2, 0.25) is 0 Å². The molecule has 2 aromatic rings. The van der Waals surface area contributed by atoms with Gasteiger partial charge in [-0.1, -0.05) is 6.92 Å². The molecule has 0 aliphatic rings. The average Bonchev–Trinajstić information content (AvgIpc) is 2.47. The van der Waals surface area contributed by atoms with Crippen molar-refractivity contribution in [2.75, 3.05) is 6.54 Å². The van der Waals surface area contributed by atoms with Crippen molar-refractivity contribution < 1.29 is 13.5 Å². The molecule has 5 heteroatoms. The Hall–Kier alpha value is -2.01. The molecule has 0 saturated heterocycles. The number of pyridine rings is 1. The summed E-state index contributed by atoms with van der Waals surface area (Å²) in [7, 11) is 0. The molecule has 1 N–H and O–H groups in total. The Labute approximate surface area is 116 Å². The molecule has 0 aliphatic carbocycles. The number of ether oxygens (including phenoxy) is 1. The Balaban J connectivity index is 1.95. The van der Waals surface area contributed by atoms with Crippen LogP contribution in [0.1, 0.15) is 18.2 Å². The fourth-order valence-corrected chi connectivity index (χ4v) is 1.67. The Morgan fingerprint density at radius 3 is 2.75 bits per heavy atom. The quantitative estimate of drug-likeness (QED) is 0.882. The van der Waals surface area contributed by atoms with Crippen LogP contribution in [0.5, 0.6) is 5.75 Å². The van der Waals surface area contributed by atoms with Gasteiger partial charge in [-0.3, -0.25) is 4.98 Å². The van der Waals surface area contributed by atoms with Gasteiger partial charge in [-0.15, -0.1) is 0 Å². The topological polar surface area (TPSA) is 34.1 Å². The Kier molecular flexibility index (Phi) is 5.01. The van der Waals surface area contributed by atoms with Crippen molar-refractivity contribution in [2.45, 2.75) is 20.1 Å². The number of nitrogens with one attached hydrogen (secondary N) is 1. The van der Waals surface area contributed by atoms with Gasteiger partial charge in [0.15, 0.2) is 0 Å². The third kappa shape index (κ3) is 3.99. The number of benzene rings is 1. The molecule has 106 valence electrons. The normalized spacial score (nSPS) is 10.6. The standard InChI is InChI=1S/C15H16F2N2O/c1-2-18-8-13-4-5-14(9-19-13)20-10-11-7-12(16)3-6-15(11)17/h3-7,9,18H,2,8,10H2,1H3. The molecule has 0 fully saturated rings. The molecule has 0 unspecified atom stereocenters. The maximum absolute atomic E-state index is 13.4. The molecule has 0 atom stereocenters. The summed E-state index contributed by atoms with van der Waals surface area (Å²) in [6, 6.07) is 6.89. The molecule has 1 heterocycles. The van der Waals surface area contributed by atoms with E-state index < -0.39 is 11.6 Å². The first-order valence-electron chi connectivity index (χ1n) is 6.41. The number of hydrogen-bond donors (Lipinski definition) is 1. The third-order valence-corrected chi connectivity index (χ3v) is 2.76. The highest BCUT2D eigenvalue weighted by Gasteiger charge is 2.05. The third-order valence-electron chi connectivity index (χ3n) is 2.76. The van der Waals surface area contributed by atoms with Gasteiger partial charge < -0.3 is 10.1 Å². The summed E-state index contributed by atoms with van der Waals surface area (Å²) < 4.78 is 31.8. The lowest BCUT2D eigenvalue weighted by Gasteiger charge is -2.08. The van der Waals surface area contributed by atoms with Crippen LogP contribution in [-0.2, 0) is 13.2 Å². The number of rotatable bonds is 6. The fourth-order valence-electron chi connectivity index (χ4n) is 1.67. The summed E-state index contributed by atoms with van der Waals surface area (Å²) >= 11 is 0. The van der Waals surface area contributed by atoms with Crippen molar-refractivity contribution in [3.05, 3.63) is 59.4 Å². The lowest BCUT2D eigenvalue weighted by molar-refractivity contribution is 0.297. The summed E-state index contributed by atoms with van der Waals surface area (Å²) in [6.45, 7) is 3.55. The van der Waals surface area contributed by atoms with Gasteiger partial charge >= 0.3 is 0 Å². The van der Waals surface area contributed by atoms with Crippen molar-refractivity contribution in [1.82, 2.24) is 10.3 Å². The summed E-state index contributed by atoms with van der Waals surface area (Å²) in [5, 5.41) is 3.16.